The van der Waals surface area contributed by atoms with Gasteiger partial charge in [-0.1, -0.05) is 24.8 Å². The number of hydrogen-bond acceptors (Lipinski definition) is 2. The highest BCUT2D eigenvalue weighted by Crippen LogP contribution is 2.16. The summed E-state index contributed by atoms with van der Waals surface area (Å²) in [6.07, 6.45) is 6.88. The fraction of sp³-hybridized carbons (Fsp3) is 0.222. The minimum absolute atomic E-state index is 1.09. The smallest absolute Gasteiger partial charge is 0.0407 e. The highest BCUT2D eigenvalue weighted by atomic mass is 32.2. The molecule has 1 rings (SSSR count). The molecule has 0 bridgehead atoms. The van der Waals surface area contributed by atoms with Gasteiger partial charge in [-0.15, -0.1) is 0 Å². The van der Waals surface area contributed by atoms with Crippen LogP contribution < -0.4 is 0 Å². The quantitative estimate of drug-likeness (QED) is 0.638. The first-order valence-electron chi connectivity index (χ1n) is 3.65. The summed E-state index contributed by atoms with van der Waals surface area (Å²) in [6.45, 7) is 2.13. The van der Waals surface area contributed by atoms with Crippen LogP contribution in [0.15, 0.2) is 40.9 Å². The van der Waals surface area contributed by atoms with Crippen LogP contribution in [-0.4, -0.2) is 4.98 Å². The third kappa shape index (κ3) is 3.23. The topological polar surface area (TPSA) is 12.9 Å². The van der Waals surface area contributed by atoms with Gasteiger partial charge in [0.2, 0.25) is 0 Å². The summed E-state index contributed by atoms with van der Waals surface area (Å²) in [7, 11) is 0. The van der Waals surface area contributed by atoms with Crippen molar-refractivity contribution >= 4 is 11.8 Å². The molecule has 1 aromatic rings. The molecule has 0 aliphatic heterocycles. The van der Waals surface area contributed by atoms with E-state index in [1.807, 2.05) is 12.3 Å². The van der Waals surface area contributed by atoms with Crippen LogP contribution in [0.25, 0.3) is 0 Å². The minimum atomic E-state index is 1.09. The highest BCUT2D eigenvalue weighted by Gasteiger charge is 1.85. The Morgan fingerprint density at radius 3 is 3.18 bits per heavy atom. The van der Waals surface area contributed by atoms with Gasteiger partial charge in [-0.3, -0.25) is 4.98 Å². The Morgan fingerprint density at radius 1 is 1.64 bits per heavy atom. The normalized spacial score (nSPS) is 10.6. The molecule has 2 heteroatoms. The molecule has 0 aromatic carbocycles. The van der Waals surface area contributed by atoms with Gasteiger partial charge in [0.25, 0.3) is 0 Å². The molecule has 1 nitrogen and oxygen atoms in total. The Balaban J connectivity index is 2.45. The zero-order valence-corrected chi connectivity index (χ0v) is 7.34. The van der Waals surface area contributed by atoms with Crippen molar-refractivity contribution in [1.82, 2.24) is 4.98 Å². The predicted octanol–water partition coefficient (Wildman–Crippen LogP) is 3.10. The maximum Gasteiger partial charge on any atom is 0.0407 e. The van der Waals surface area contributed by atoms with E-state index in [9.17, 15) is 0 Å². The number of hydrogen-bond donors (Lipinski definition) is 0. The predicted molar refractivity (Wildman–Crippen MR) is 49.5 cm³/mol. The Kier molecular flexibility index (Phi) is 3.76. The maximum atomic E-state index is 4.01. The largest absolute Gasteiger partial charge is 0.264 e. The monoisotopic (exact) mass is 165 g/mol. The fourth-order valence-electron chi connectivity index (χ4n) is 0.640. The maximum absolute atomic E-state index is 4.01. The van der Waals surface area contributed by atoms with Gasteiger partial charge >= 0.3 is 0 Å². The number of thioether (sulfide) groups is 1. The van der Waals surface area contributed by atoms with Gasteiger partial charge in [0.05, 0.1) is 0 Å². The van der Waals surface area contributed by atoms with Crippen LogP contribution in [0.3, 0.4) is 0 Å². The van der Waals surface area contributed by atoms with Crippen LogP contribution in [0.5, 0.6) is 0 Å². The summed E-state index contributed by atoms with van der Waals surface area (Å²) in [5.74, 6) is 0. The molecule has 0 saturated carbocycles. The Bertz CT molecular complexity index is 218. The van der Waals surface area contributed by atoms with Crippen molar-refractivity contribution in [3.8, 4) is 0 Å². The molecule has 0 N–H and O–H groups in total. The minimum Gasteiger partial charge on any atom is -0.264 e. The van der Waals surface area contributed by atoms with E-state index in [1.54, 1.807) is 18.0 Å². The molecule has 0 spiro atoms. The lowest BCUT2D eigenvalue weighted by Gasteiger charge is -1.91. The van der Waals surface area contributed by atoms with E-state index in [0.717, 1.165) is 6.42 Å². The van der Waals surface area contributed by atoms with E-state index < -0.39 is 0 Å². The van der Waals surface area contributed by atoms with Crippen molar-refractivity contribution in [3.63, 3.8) is 0 Å². The Labute approximate surface area is 71.5 Å². The lowest BCUT2D eigenvalue weighted by atomic mass is 10.5. The summed E-state index contributed by atoms with van der Waals surface area (Å²) in [5.41, 5.74) is 0. The van der Waals surface area contributed by atoms with Gasteiger partial charge in [0.1, 0.15) is 0 Å². The van der Waals surface area contributed by atoms with Gasteiger partial charge < -0.3 is 0 Å². The first-order valence-corrected chi connectivity index (χ1v) is 4.53. The summed E-state index contributed by atoms with van der Waals surface area (Å²) in [6, 6.07) is 4.00. The fourth-order valence-corrected chi connectivity index (χ4v) is 1.36. The van der Waals surface area contributed by atoms with E-state index in [-0.39, 0.29) is 0 Å². The van der Waals surface area contributed by atoms with Crippen molar-refractivity contribution in [2.24, 2.45) is 0 Å². The number of pyridine rings is 1. The molecule has 58 valence electrons. The number of rotatable bonds is 3. The highest BCUT2D eigenvalue weighted by molar-refractivity contribution is 8.02. The van der Waals surface area contributed by atoms with Crippen molar-refractivity contribution in [2.75, 3.05) is 0 Å². The summed E-state index contributed by atoms with van der Waals surface area (Å²) in [5, 5.41) is 2.09. The lowest BCUT2D eigenvalue weighted by Crippen LogP contribution is -1.69. The van der Waals surface area contributed by atoms with Gasteiger partial charge in [0.15, 0.2) is 0 Å². The van der Waals surface area contributed by atoms with E-state index in [4.69, 9.17) is 0 Å². The molecule has 0 amide bonds. The second kappa shape index (κ2) is 4.97. The molecule has 0 aliphatic rings. The molecular weight excluding hydrogens is 154 g/mol. The standard InChI is InChI=1S/C9H11NS/c1-2-3-7-11-9-5-4-6-10-8-9/h3-8H,2H2,1H3. The Hall–Kier alpha value is -0.760. The molecule has 0 fully saturated rings. The number of allylic oxidation sites excluding steroid dienone is 1. The van der Waals surface area contributed by atoms with Crippen LogP contribution >= 0.6 is 11.8 Å². The summed E-state index contributed by atoms with van der Waals surface area (Å²) in [4.78, 5) is 5.20. The summed E-state index contributed by atoms with van der Waals surface area (Å²) < 4.78 is 0. The molecule has 1 aromatic heterocycles. The van der Waals surface area contributed by atoms with Gasteiger partial charge in [-0.2, -0.15) is 0 Å². The van der Waals surface area contributed by atoms with E-state index in [0.29, 0.717) is 0 Å². The van der Waals surface area contributed by atoms with E-state index >= 15 is 0 Å². The van der Waals surface area contributed by atoms with Crippen molar-refractivity contribution in [3.05, 3.63) is 36.0 Å². The third-order valence-electron chi connectivity index (χ3n) is 1.17. The van der Waals surface area contributed by atoms with Crippen LogP contribution in [0.4, 0.5) is 0 Å². The van der Waals surface area contributed by atoms with Crippen LogP contribution in [0.1, 0.15) is 13.3 Å². The van der Waals surface area contributed by atoms with E-state index in [1.165, 1.54) is 4.90 Å². The lowest BCUT2D eigenvalue weighted by molar-refractivity contribution is 1.23. The van der Waals surface area contributed by atoms with Gasteiger partial charge in [-0.25, -0.2) is 0 Å². The third-order valence-corrected chi connectivity index (χ3v) is 2.01. The van der Waals surface area contributed by atoms with E-state index in [2.05, 4.69) is 29.5 Å². The average molecular weight is 165 g/mol. The second-order valence-electron chi connectivity index (χ2n) is 2.09. The first kappa shape index (κ1) is 8.34. The zero-order chi connectivity index (χ0) is 7.94. The van der Waals surface area contributed by atoms with Crippen LogP contribution in [0, 0.1) is 0 Å². The summed E-state index contributed by atoms with van der Waals surface area (Å²) >= 11 is 1.70. The van der Waals surface area contributed by atoms with Crippen LogP contribution in [0.2, 0.25) is 0 Å². The molecule has 0 saturated heterocycles. The molecule has 0 radical (unpaired) electrons. The molecule has 0 atom stereocenters. The second-order valence-corrected chi connectivity index (χ2v) is 3.07. The van der Waals surface area contributed by atoms with Crippen LogP contribution in [-0.2, 0) is 0 Å². The average Bonchev–Trinajstić information content (AvgIpc) is 2.07. The van der Waals surface area contributed by atoms with Gasteiger partial charge in [0, 0.05) is 17.3 Å². The molecular formula is C9H11NS. The van der Waals surface area contributed by atoms with Crippen molar-refractivity contribution < 1.29 is 0 Å². The molecule has 11 heavy (non-hydrogen) atoms. The number of nitrogens with zero attached hydrogens (tertiary/aromatic N) is 1. The van der Waals surface area contributed by atoms with Crippen molar-refractivity contribution in [1.29, 1.82) is 0 Å². The molecule has 1 heterocycles. The zero-order valence-electron chi connectivity index (χ0n) is 6.53. The first-order chi connectivity index (χ1) is 5.43. The number of aromatic nitrogens is 1. The molecule has 0 unspecified atom stereocenters. The SMILES string of the molecule is CCC=CSc1cccnc1. The molecule has 0 aliphatic carbocycles. The Morgan fingerprint density at radius 2 is 2.55 bits per heavy atom. The van der Waals surface area contributed by atoms with Gasteiger partial charge in [-0.05, 0) is 24.0 Å². The van der Waals surface area contributed by atoms with Crippen molar-refractivity contribution in [2.45, 2.75) is 18.2 Å².